The van der Waals surface area contributed by atoms with Crippen LogP contribution in [0.15, 0.2) is 0 Å². The number of carbonyl (C=O) groups is 2. The number of nitrogens with zero attached hydrogens (tertiary/aromatic N) is 2. The molecule has 1 aliphatic rings. The van der Waals surface area contributed by atoms with Crippen LogP contribution < -0.4 is 5.32 Å². The number of likely N-dealkylation sites (tertiary alicyclic amines) is 1. The van der Waals surface area contributed by atoms with Crippen LogP contribution in [0.4, 0.5) is 4.79 Å². The molecule has 2 amide bonds. The zero-order chi connectivity index (χ0) is 13.7. The van der Waals surface area contributed by atoms with Crippen LogP contribution in [0.3, 0.4) is 0 Å². The SMILES string of the molecule is CC(CN(C)C)NC(=O)N1CCCC1CC(=O)O. The van der Waals surface area contributed by atoms with Gasteiger partial charge in [0.25, 0.3) is 0 Å². The molecule has 6 heteroatoms. The monoisotopic (exact) mass is 257 g/mol. The summed E-state index contributed by atoms with van der Waals surface area (Å²) in [6.45, 7) is 3.36. The number of nitrogens with one attached hydrogen (secondary N) is 1. The molecule has 0 aromatic carbocycles. The lowest BCUT2D eigenvalue weighted by Gasteiger charge is -2.26. The van der Waals surface area contributed by atoms with E-state index in [-0.39, 0.29) is 24.5 Å². The Balaban J connectivity index is 2.47. The number of likely N-dealkylation sites (N-methyl/N-ethyl adjacent to an activating group) is 1. The van der Waals surface area contributed by atoms with Gasteiger partial charge in [0.1, 0.15) is 0 Å². The molecule has 6 nitrogen and oxygen atoms in total. The van der Waals surface area contributed by atoms with Crippen LogP contribution in [0.2, 0.25) is 0 Å². The van der Waals surface area contributed by atoms with Gasteiger partial charge in [0.2, 0.25) is 0 Å². The molecule has 1 aliphatic heterocycles. The van der Waals surface area contributed by atoms with E-state index in [9.17, 15) is 9.59 Å². The molecule has 1 rings (SSSR count). The van der Waals surface area contributed by atoms with Gasteiger partial charge in [-0.3, -0.25) is 4.79 Å². The summed E-state index contributed by atoms with van der Waals surface area (Å²) in [5.74, 6) is -0.846. The van der Waals surface area contributed by atoms with Crippen LogP contribution in [-0.4, -0.2) is 66.2 Å². The molecule has 1 fully saturated rings. The zero-order valence-corrected chi connectivity index (χ0v) is 11.3. The van der Waals surface area contributed by atoms with Crippen molar-refractivity contribution >= 4 is 12.0 Å². The van der Waals surface area contributed by atoms with Gasteiger partial charge in [-0.2, -0.15) is 0 Å². The van der Waals surface area contributed by atoms with Crippen LogP contribution >= 0.6 is 0 Å². The van der Waals surface area contributed by atoms with Crippen LogP contribution in [0.25, 0.3) is 0 Å². The molecule has 18 heavy (non-hydrogen) atoms. The van der Waals surface area contributed by atoms with E-state index >= 15 is 0 Å². The number of urea groups is 1. The Morgan fingerprint density at radius 2 is 2.17 bits per heavy atom. The molecule has 1 heterocycles. The topological polar surface area (TPSA) is 72.9 Å². The largest absolute Gasteiger partial charge is 0.481 e. The van der Waals surface area contributed by atoms with Gasteiger partial charge in [0.05, 0.1) is 6.42 Å². The predicted molar refractivity (Wildman–Crippen MR) is 68.5 cm³/mol. The summed E-state index contributed by atoms with van der Waals surface area (Å²) >= 11 is 0. The molecule has 1 saturated heterocycles. The average molecular weight is 257 g/mol. The summed E-state index contributed by atoms with van der Waals surface area (Å²) in [7, 11) is 3.90. The highest BCUT2D eigenvalue weighted by atomic mass is 16.4. The quantitative estimate of drug-likeness (QED) is 0.756. The highest BCUT2D eigenvalue weighted by Gasteiger charge is 2.30. The molecule has 2 unspecified atom stereocenters. The lowest BCUT2D eigenvalue weighted by atomic mass is 10.1. The van der Waals surface area contributed by atoms with Crippen molar-refractivity contribution in [2.75, 3.05) is 27.2 Å². The number of carbonyl (C=O) groups excluding carboxylic acids is 1. The number of hydrogen-bond acceptors (Lipinski definition) is 3. The van der Waals surface area contributed by atoms with Crippen LogP contribution in [0.5, 0.6) is 0 Å². The van der Waals surface area contributed by atoms with Crippen molar-refractivity contribution in [3.8, 4) is 0 Å². The van der Waals surface area contributed by atoms with E-state index in [1.807, 2.05) is 25.9 Å². The van der Waals surface area contributed by atoms with Crippen molar-refractivity contribution in [2.45, 2.75) is 38.3 Å². The summed E-state index contributed by atoms with van der Waals surface area (Å²) in [5.41, 5.74) is 0. The maximum absolute atomic E-state index is 12.0. The fraction of sp³-hybridized carbons (Fsp3) is 0.833. The van der Waals surface area contributed by atoms with Gasteiger partial charge in [-0.1, -0.05) is 0 Å². The lowest BCUT2D eigenvalue weighted by Crippen LogP contribution is -2.48. The van der Waals surface area contributed by atoms with E-state index in [0.29, 0.717) is 6.54 Å². The van der Waals surface area contributed by atoms with Gasteiger partial charge in [0, 0.05) is 25.2 Å². The zero-order valence-electron chi connectivity index (χ0n) is 11.3. The first-order valence-electron chi connectivity index (χ1n) is 6.33. The van der Waals surface area contributed by atoms with Crippen molar-refractivity contribution in [1.82, 2.24) is 15.1 Å². The van der Waals surface area contributed by atoms with Crippen LogP contribution in [0.1, 0.15) is 26.2 Å². The molecule has 0 bridgehead atoms. The maximum Gasteiger partial charge on any atom is 0.317 e. The molecule has 0 spiro atoms. The van der Waals surface area contributed by atoms with Gasteiger partial charge in [-0.05, 0) is 33.9 Å². The van der Waals surface area contributed by atoms with Gasteiger partial charge < -0.3 is 20.2 Å². The molecule has 0 aromatic heterocycles. The number of aliphatic carboxylic acids is 1. The van der Waals surface area contributed by atoms with Crippen molar-refractivity contribution in [2.24, 2.45) is 0 Å². The van der Waals surface area contributed by atoms with E-state index in [1.54, 1.807) is 4.90 Å². The third kappa shape index (κ3) is 4.52. The first-order valence-corrected chi connectivity index (χ1v) is 6.33. The number of rotatable bonds is 5. The molecule has 2 N–H and O–H groups in total. The Bertz CT molecular complexity index is 307. The van der Waals surface area contributed by atoms with E-state index in [4.69, 9.17) is 5.11 Å². The molecular formula is C12H23N3O3. The second-order valence-corrected chi connectivity index (χ2v) is 5.20. The van der Waals surface area contributed by atoms with Crippen molar-refractivity contribution in [1.29, 1.82) is 0 Å². The number of amides is 2. The van der Waals surface area contributed by atoms with Gasteiger partial charge in [-0.15, -0.1) is 0 Å². The lowest BCUT2D eigenvalue weighted by molar-refractivity contribution is -0.137. The predicted octanol–water partition coefficient (Wildman–Crippen LogP) is 0.585. The number of hydrogen-bond donors (Lipinski definition) is 2. The second-order valence-electron chi connectivity index (χ2n) is 5.20. The Hall–Kier alpha value is -1.30. The summed E-state index contributed by atoms with van der Waals surface area (Å²) < 4.78 is 0. The molecule has 0 aromatic rings. The van der Waals surface area contributed by atoms with Crippen LogP contribution in [0, 0.1) is 0 Å². The minimum Gasteiger partial charge on any atom is -0.481 e. The molecule has 0 radical (unpaired) electrons. The molecule has 0 aliphatic carbocycles. The minimum absolute atomic E-state index is 0.0372. The third-order valence-corrected chi connectivity index (χ3v) is 3.06. The van der Waals surface area contributed by atoms with Crippen molar-refractivity contribution in [3.05, 3.63) is 0 Å². The standard InChI is InChI=1S/C12H23N3O3/c1-9(8-14(2)3)13-12(18)15-6-4-5-10(15)7-11(16)17/h9-10H,4-8H2,1-3H3,(H,13,18)(H,16,17). The molecule has 2 atom stereocenters. The highest BCUT2D eigenvalue weighted by Crippen LogP contribution is 2.20. The number of carboxylic acid groups (broad SMARTS) is 1. The van der Waals surface area contributed by atoms with E-state index in [0.717, 1.165) is 19.4 Å². The van der Waals surface area contributed by atoms with E-state index < -0.39 is 5.97 Å². The van der Waals surface area contributed by atoms with Gasteiger partial charge in [0.15, 0.2) is 0 Å². The Kier molecular flexibility index (Phi) is 5.40. The Labute approximate surface area is 108 Å². The smallest absolute Gasteiger partial charge is 0.317 e. The van der Waals surface area contributed by atoms with E-state index in [1.165, 1.54) is 0 Å². The Morgan fingerprint density at radius 1 is 1.50 bits per heavy atom. The normalized spacial score (nSPS) is 21.1. The molecular weight excluding hydrogens is 234 g/mol. The molecule has 0 saturated carbocycles. The van der Waals surface area contributed by atoms with Crippen LogP contribution in [-0.2, 0) is 4.79 Å². The van der Waals surface area contributed by atoms with E-state index in [2.05, 4.69) is 5.32 Å². The van der Waals surface area contributed by atoms with Gasteiger partial charge >= 0.3 is 12.0 Å². The minimum atomic E-state index is -0.846. The second kappa shape index (κ2) is 6.58. The van der Waals surface area contributed by atoms with Crippen molar-refractivity contribution in [3.63, 3.8) is 0 Å². The maximum atomic E-state index is 12.0. The van der Waals surface area contributed by atoms with Gasteiger partial charge in [-0.25, -0.2) is 4.79 Å². The first kappa shape index (κ1) is 14.8. The molecule has 104 valence electrons. The summed E-state index contributed by atoms with van der Waals surface area (Å²) in [6.07, 6.45) is 1.70. The number of carboxylic acids is 1. The summed E-state index contributed by atoms with van der Waals surface area (Å²) in [4.78, 5) is 26.4. The Morgan fingerprint density at radius 3 is 2.72 bits per heavy atom. The highest BCUT2D eigenvalue weighted by molar-refractivity contribution is 5.76. The average Bonchev–Trinajstić information content (AvgIpc) is 2.62. The van der Waals surface area contributed by atoms with Crippen molar-refractivity contribution < 1.29 is 14.7 Å². The summed E-state index contributed by atoms with van der Waals surface area (Å²) in [5, 5.41) is 11.7. The summed E-state index contributed by atoms with van der Waals surface area (Å²) in [6, 6.07) is -0.249. The first-order chi connectivity index (χ1) is 8.40. The fourth-order valence-electron chi connectivity index (χ4n) is 2.40. The third-order valence-electron chi connectivity index (χ3n) is 3.06. The fourth-order valence-corrected chi connectivity index (χ4v) is 2.40.